The van der Waals surface area contributed by atoms with Crippen LogP contribution in [0.25, 0.3) is 0 Å². The Morgan fingerprint density at radius 2 is 1.96 bits per heavy atom. The third kappa shape index (κ3) is 5.79. The molecule has 5 heteroatoms. The van der Waals surface area contributed by atoms with Gasteiger partial charge in [0.2, 0.25) is 0 Å². The van der Waals surface area contributed by atoms with Gasteiger partial charge < -0.3 is 9.64 Å². The molecule has 3 rings (SSSR count). The van der Waals surface area contributed by atoms with Crippen molar-refractivity contribution in [1.29, 1.82) is 0 Å². The second-order valence-corrected chi connectivity index (χ2v) is 7.49. The van der Waals surface area contributed by atoms with Gasteiger partial charge in [0.1, 0.15) is 5.75 Å². The van der Waals surface area contributed by atoms with Gasteiger partial charge in [0.05, 0.1) is 0 Å². The molecule has 5 nitrogen and oxygen atoms in total. The van der Waals surface area contributed by atoms with E-state index < -0.39 is 0 Å². The summed E-state index contributed by atoms with van der Waals surface area (Å²) in [6, 6.07) is 12.0. The van der Waals surface area contributed by atoms with E-state index in [9.17, 15) is 4.79 Å². The highest BCUT2D eigenvalue weighted by molar-refractivity contribution is 5.77. The van der Waals surface area contributed by atoms with Crippen molar-refractivity contribution < 1.29 is 9.53 Å². The summed E-state index contributed by atoms with van der Waals surface area (Å²) in [7, 11) is 2.07. The number of carbonyl (C=O) groups is 1. The average Bonchev–Trinajstić information content (AvgIpc) is 2.68. The van der Waals surface area contributed by atoms with Gasteiger partial charge >= 0.3 is 0 Å². The first kappa shape index (κ1) is 19.4. The molecule has 27 heavy (non-hydrogen) atoms. The molecule has 0 atom stereocenters. The molecule has 0 N–H and O–H groups in total. The minimum absolute atomic E-state index is 0.0837. The van der Waals surface area contributed by atoms with Gasteiger partial charge in [-0.3, -0.25) is 14.7 Å². The third-order valence-electron chi connectivity index (χ3n) is 5.08. The van der Waals surface area contributed by atoms with Gasteiger partial charge in [-0.1, -0.05) is 31.2 Å². The monoisotopic (exact) mass is 367 g/mol. The molecule has 0 unspecified atom stereocenters. The lowest BCUT2D eigenvalue weighted by atomic mass is 9.99. The highest BCUT2D eigenvalue weighted by Crippen LogP contribution is 2.21. The summed E-state index contributed by atoms with van der Waals surface area (Å²) in [5.41, 5.74) is 2.26. The minimum atomic E-state index is 0.0837. The summed E-state index contributed by atoms with van der Waals surface area (Å²) in [6.45, 7) is 5.61. The first-order valence-electron chi connectivity index (χ1n) is 9.67. The number of carbonyl (C=O) groups excluding carboxylic acids is 1. The van der Waals surface area contributed by atoms with Gasteiger partial charge in [-0.2, -0.15) is 0 Å². The molecular weight excluding hydrogens is 338 g/mol. The Balaban J connectivity index is 1.54. The number of nitrogens with zero attached hydrogens (tertiary/aromatic N) is 3. The van der Waals surface area contributed by atoms with Crippen molar-refractivity contribution in [2.24, 2.45) is 5.92 Å². The predicted molar refractivity (Wildman–Crippen MR) is 106 cm³/mol. The van der Waals surface area contributed by atoms with E-state index in [4.69, 9.17) is 4.74 Å². The second kappa shape index (κ2) is 9.51. The summed E-state index contributed by atoms with van der Waals surface area (Å²) >= 11 is 0. The zero-order chi connectivity index (χ0) is 19.1. The van der Waals surface area contributed by atoms with E-state index in [0.29, 0.717) is 5.92 Å². The Bertz CT molecular complexity index is 727. The summed E-state index contributed by atoms with van der Waals surface area (Å²) in [5.74, 6) is 1.58. The zero-order valence-corrected chi connectivity index (χ0v) is 16.3. The molecule has 1 amide bonds. The highest BCUT2D eigenvalue weighted by Gasteiger charge is 2.20. The predicted octanol–water partition coefficient (Wildman–Crippen LogP) is 3.35. The SMILES string of the molecule is CC1CCN(C(=O)COc2ccccc2CN(C)Cc2cccnc2)CC1. The van der Waals surface area contributed by atoms with E-state index in [0.717, 1.165) is 50.3 Å². The Morgan fingerprint density at radius 1 is 1.19 bits per heavy atom. The molecule has 0 aliphatic carbocycles. The zero-order valence-electron chi connectivity index (χ0n) is 16.3. The molecule has 1 aromatic carbocycles. The third-order valence-corrected chi connectivity index (χ3v) is 5.08. The van der Waals surface area contributed by atoms with E-state index in [1.165, 1.54) is 5.56 Å². The van der Waals surface area contributed by atoms with Crippen molar-refractivity contribution in [1.82, 2.24) is 14.8 Å². The average molecular weight is 367 g/mol. The van der Waals surface area contributed by atoms with E-state index in [-0.39, 0.29) is 12.5 Å². The molecule has 0 radical (unpaired) electrons. The van der Waals surface area contributed by atoms with Crippen molar-refractivity contribution in [2.75, 3.05) is 26.7 Å². The fourth-order valence-electron chi connectivity index (χ4n) is 3.41. The maximum Gasteiger partial charge on any atom is 0.260 e. The molecule has 144 valence electrons. The van der Waals surface area contributed by atoms with Crippen LogP contribution in [0.3, 0.4) is 0 Å². The maximum absolute atomic E-state index is 12.4. The molecule has 2 aromatic rings. The van der Waals surface area contributed by atoms with Crippen LogP contribution in [-0.2, 0) is 17.9 Å². The maximum atomic E-state index is 12.4. The molecule has 1 fully saturated rings. The van der Waals surface area contributed by atoms with Crippen LogP contribution in [0, 0.1) is 5.92 Å². The molecule has 2 heterocycles. The van der Waals surface area contributed by atoms with Crippen LogP contribution in [0.4, 0.5) is 0 Å². The molecule has 1 saturated heterocycles. The van der Waals surface area contributed by atoms with Gasteiger partial charge in [0.15, 0.2) is 6.61 Å². The van der Waals surface area contributed by atoms with E-state index >= 15 is 0 Å². The van der Waals surface area contributed by atoms with Crippen molar-refractivity contribution in [3.63, 3.8) is 0 Å². The number of benzene rings is 1. The number of piperidine rings is 1. The first-order chi connectivity index (χ1) is 13.1. The van der Waals surface area contributed by atoms with Crippen molar-refractivity contribution >= 4 is 5.91 Å². The van der Waals surface area contributed by atoms with Crippen LogP contribution in [0.5, 0.6) is 5.75 Å². The van der Waals surface area contributed by atoms with Crippen molar-refractivity contribution in [3.8, 4) is 5.75 Å². The molecule has 0 bridgehead atoms. The molecule has 1 aliphatic heterocycles. The van der Waals surface area contributed by atoms with Crippen molar-refractivity contribution in [3.05, 3.63) is 59.9 Å². The van der Waals surface area contributed by atoms with Gasteiger partial charge in [-0.25, -0.2) is 0 Å². The minimum Gasteiger partial charge on any atom is -0.483 e. The number of hydrogen-bond donors (Lipinski definition) is 0. The van der Waals surface area contributed by atoms with Crippen LogP contribution in [-0.4, -0.2) is 47.4 Å². The lowest BCUT2D eigenvalue weighted by Gasteiger charge is -2.30. The smallest absolute Gasteiger partial charge is 0.260 e. The van der Waals surface area contributed by atoms with Crippen LogP contribution < -0.4 is 4.74 Å². The molecule has 1 aliphatic rings. The molecule has 0 saturated carbocycles. The fourth-order valence-corrected chi connectivity index (χ4v) is 3.41. The number of aromatic nitrogens is 1. The highest BCUT2D eigenvalue weighted by atomic mass is 16.5. The second-order valence-electron chi connectivity index (χ2n) is 7.49. The molecule has 1 aromatic heterocycles. The van der Waals surface area contributed by atoms with E-state index in [1.54, 1.807) is 6.20 Å². The first-order valence-corrected chi connectivity index (χ1v) is 9.67. The Kier molecular flexibility index (Phi) is 6.82. The number of rotatable bonds is 7. The number of para-hydroxylation sites is 1. The normalized spacial score (nSPS) is 15.1. The Hall–Kier alpha value is -2.40. The van der Waals surface area contributed by atoms with Gasteiger partial charge in [0.25, 0.3) is 5.91 Å². The molecule has 0 spiro atoms. The standard InChI is InChI=1S/C22H29N3O2/c1-18-9-12-25(13-10-18)22(26)17-27-21-8-4-3-7-20(21)16-24(2)15-19-6-5-11-23-14-19/h3-8,11,14,18H,9-10,12-13,15-17H2,1-2H3. The number of hydrogen-bond acceptors (Lipinski definition) is 4. The molecular formula is C22H29N3O2. The quantitative estimate of drug-likeness (QED) is 0.753. The number of pyridine rings is 1. The van der Waals surface area contributed by atoms with E-state index in [2.05, 4.69) is 36.0 Å². The largest absolute Gasteiger partial charge is 0.483 e. The topological polar surface area (TPSA) is 45.7 Å². The van der Waals surface area contributed by atoms with Crippen LogP contribution in [0.15, 0.2) is 48.8 Å². The lowest BCUT2D eigenvalue weighted by molar-refractivity contribution is -0.134. The number of amides is 1. The summed E-state index contributed by atoms with van der Waals surface area (Å²) in [5, 5.41) is 0. The van der Waals surface area contributed by atoms with Crippen LogP contribution >= 0.6 is 0 Å². The lowest BCUT2D eigenvalue weighted by Crippen LogP contribution is -2.40. The summed E-state index contributed by atoms with van der Waals surface area (Å²) in [6.07, 6.45) is 5.84. The fraction of sp³-hybridized carbons (Fsp3) is 0.455. The Morgan fingerprint density at radius 3 is 2.70 bits per heavy atom. The summed E-state index contributed by atoms with van der Waals surface area (Å²) in [4.78, 5) is 20.7. The van der Waals surface area contributed by atoms with Crippen molar-refractivity contribution in [2.45, 2.75) is 32.9 Å². The summed E-state index contributed by atoms with van der Waals surface area (Å²) < 4.78 is 5.90. The van der Waals surface area contributed by atoms with Gasteiger partial charge in [0, 0.05) is 44.1 Å². The van der Waals surface area contributed by atoms with Crippen LogP contribution in [0.2, 0.25) is 0 Å². The van der Waals surface area contributed by atoms with Gasteiger partial charge in [-0.05, 0) is 43.5 Å². The number of likely N-dealkylation sites (tertiary alicyclic amines) is 1. The van der Waals surface area contributed by atoms with Crippen LogP contribution in [0.1, 0.15) is 30.9 Å². The Labute approximate surface area is 162 Å². The number of ether oxygens (including phenoxy) is 1. The van der Waals surface area contributed by atoms with Gasteiger partial charge in [-0.15, -0.1) is 0 Å². The van der Waals surface area contributed by atoms with E-state index in [1.807, 2.05) is 35.4 Å².